The van der Waals surface area contributed by atoms with Crippen LogP contribution in [0.2, 0.25) is 0 Å². The van der Waals surface area contributed by atoms with Crippen molar-refractivity contribution >= 4 is 58.5 Å². The summed E-state index contributed by atoms with van der Waals surface area (Å²) in [6.07, 6.45) is -3.44. The molecule has 53 heavy (non-hydrogen) atoms. The Kier molecular flexibility index (Phi) is 17.1. The van der Waals surface area contributed by atoms with Gasteiger partial charge in [0.15, 0.2) is 0 Å². The first-order valence-corrected chi connectivity index (χ1v) is 18.4. The number of hydrogen-bond donors (Lipinski definition) is 2. The molecule has 0 saturated carbocycles. The normalized spacial score (nSPS) is 17.2. The third-order valence-corrected chi connectivity index (χ3v) is 8.57. The maximum atomic E-state index is 12.7. The van der Waals surface area contributed by atoms with Gasteiger partial charge in [0.2, 0.25) is 11.8 Å². The molecule has 4 aliphatic heterocycles. The highest BCUT2D eigenvalue weighted by atomic mass is 35.5. The predicted molar refractivity (Wildman–Crippen MR) is 199 cm³/mol. The average Bonchev–Trinajstić information content (AvgIpc) is 3.74. The first-order valence-electron chi connectivity index (χ1n) is 17.4. The summed E-state index contributed by atoms with van der Waals surface area (Å²) in [6, 6.07) is 16.3. The van der Waals surface area contributed by atoms with Crippen LogP contribution in [0.4, 0.5) is 29.3 Å². The summed E-state index contributed by atoms with van der Waals surface area (Å²) in [5, 5.41) is 10.6. The molecule has 4 aliphatic rings. The van der Waals surface area contributed by atoms with Crippen LogP contribution in [-0.4, -0.2) is 139 Å². The van der Waals surface area contributed by atoms with E-state index < -0.39 is 17.7 Å². The molecular formula is C36H49Cl2F3N6O6. The highest BCUT2D eigenvalue weighted by Crippen LogP contribution is 2.28. The lowest BCUT2D eigenvalue weighted by molar-refractivity contribution is -0.192. The second kappa shape index (κ2) is 20.7. The molecule has 0 bridgehead atoms. The number of carbonyl (C=O) groups is 4. The summed E-state index contributed by atoms with van der Waals surface area (Å²) >= 11 is 9.53. The van der Waals surface area contributed by atoms with Crippen LogP contribution in [0.15, 0.2) is 48.5 Å². The zero-order chi connectivity index (χ0) is 39.2. The smallest absolute Gasteiger partial charge is 0.475 e. The highest BCUT2D eigenvalue weighted by molar-refractivity contribution is 6.40. The molecule has 294 valence electrons. The van der Waals surface area contributed by atoms with Crippen LogP contribution in [0.5, 0.6) is 0 Å². The van der Waals surface area contributed by atoms with E-state index in [-0.39, 0.29) is 23.2 Å². The number of carbonyl (C=O) groups excluding carboxylic acids is 3. The van der Waals surface area contributed by atoms with E-state index in [1.54, 1.807) is 4.90 Å². The number of amides is 3. The maximum Gasteiger partial charge on any atom is 0.490 e. The van der Waals surface area contributed by atoms with Gasteiger partial charge in [0.1, 0.15) is 5.60 Å². The molecule has 4 heterocycles. The topological polar surface area (TPSA) is 126 Å². The van der Waals surface area contributed by atoms with Gasteiger partial charge in [-0.15, -0.1) is 23.2 Å². The fourth-order valence-electron chi connectivity index (χ4n) is 6.03. The second-order valence-electron chi connectivity index (χ2n) is 13.5. The predicted octanol–water partition coefficient (Wildman–Crippen LogP) is 4.66. The van der Waals surface area contributed by atoms with Gasteiger partial charge >= 0.3 is 18.2 Å². The summed E-state index contributed by atoms with van der Waals surface area (Å²) in [5.74, 6) is -2.38. The SMILES string of the molecule is CC(C)(C)OC(=O)N1CCN(CC(=O)N2CCc3ccccc32)CC1.ClCCl.O=C(CN1CCNCC1)N1CCc2ccccc21.O=C(O)C(F)(F)F. The van der Waals surface area contributed by atoms with E-state index in [1.807, 2.05) is 60.9 Å². The Labute approximate surface area is 318 Å². The van der Waals surface area contributed by atoms with Crippen LogP contribution < -0.4 is 15.1 Å². The highest BCUT2D eigenvalue weighted by Gasteiger charge is 2.38. The van der Waals surface area contributed by atoms with Gasteiger partial charge in [-0.1, -0.05) is 36.4 Å². The lowest BCUT2D eigenvalue weighted by Crippen LogP contribution is -2.52. The summed E-state index contributed by atoms with van der Waals surface area (Å²) in [7, 11) is 0. The fourth-order valence-corrected chi connectivity index (χ4v) is 6.03. The third-order valence-electron chi connectivity index (χ3n) is 8.57. The first-order chi connectivity index (χ1) is 25.0. The number of carboxylic acid groups (broad SMARTS) is 1. The molecule has 6 rings (SSSR count). The van der Waals surface area contributed by atoms with Crippen molar-refractivity contribution in [3.8, 4) is 0 Å². The molecule has 2 fully saturated rings. The van der Waals surface area contributed by atoms with Gasteiger partial charge in [-0.2, -0.15) is 13.2 Å². The van der Waals surface area contributed by atoms with E-state index in [0.717, 1.165) is 63.5 Å². The second-order valence-corrected chi connectivity index (χ2v) is 14.3. The molecular weight excluding hydrogens is 740 g/mol. The van der Waals surface area contributed by atoms with Crippen molar-refractivity contribution in [3.05, 3.63) is 59.7 Å². The molecule has 2 aromatic rings. The van der Waals surface area contributed by atoms with Crippen LogP contribution >= 0.6 is 23.2 Å². The van der Waals surface area contributed by atoms with E-state index in [2.05, 4.69) is 33.3 Å². The summed E-state index contributed by atoms with van der Waals surface area (Å²) in [5.41, 5.74) is 4.21. The van der Waals surface area contributed by atoms with Crippen molar-refractivity contribution in [2.45, 2.75) is 45.4 Å². The molecule has 0 spiro atoms. The number of anilines is 2. The number of nitrogens with one attached hydrogen (secondary N) is 1. The number of benzene rings is 2. The van der Waals surface area contributed by atoms with Crippen LogP contribution in [-0.2, 0) is 32.0 Å². The molecule has 0 unspecified atom stereocenters. The van der Waals surface area contributed by atoms with Crippen molar-refractivity contribution in [2.75, 3.05) is 93.7 Å². The van der Waals surface area contributed by atoms with Gasteiger partial charge in [0.05, 0.1) is 18.4 Å². The number of fused-ring (bicyclic) bond motifs is 2. The standard InChI is InChI=1S/C19H27N3O3.C14H19N3O.C2HF3O2.CH2Cl2/c1-19(2,3)25-18(24)21-12-10-20(11-13-21)14-17(23)22-9-8-15-6-4-5-7-16(15)22;18-14(11-16-9-6-15-7-10-16)17-8-5-12-3-1-2-4-13(12)17;3-2(4,5)1(6)7;2-1-3/h4-7H,8-14H2,1-3H3;1-4,15H,5-11H2;(H,6,7);1H2. The third kappa shape index (κ3) is 14.3. The summed E-state index contributed by atoms with van der Waals surface area (Å²) in [4.78, 5) is 55.9. The lowest BCUT2D eigenvalue weighted by Gasteiger charge is -2.35. The number of carboxylic acids is 1. The van der Waals surface area contributed by atoms with Crippen molar-refractivity contribution in [3.63, 3.8) is 0 Å². The van der Waals surface area contributed by atoms with Crippen LogP contribution in [0.3, 0.4) is 0 Å². The number of hydrogen-bond acceptors (Lipinski definition) is 8. The van der Waals surface area contributed by atoms with Crippen molar-refractivity contribution < 1.29 is 42.2 Å². The molecule has 12 nitrogen and oxygen atoms in total. The molecule has 3 amide bonds. The molecule has 2 aromatic carbocycles. The number of alkyl halides is 5. The van der Waals surface area contributed by atoms with E-state index >= 15 is 0 Å². The van der Waals surface area contributed by atoms with Gasteiger partial charge in [0, 0.05) is 76.8 Å². The Balaban J connectivity index is 0.000000235. The van der Waals surface area contributed by atoms with E-state index in [0.29, 0.717) is 39.3 Å². The van der Waals surface area contributed by atoms with Gasteiger partial charge in [0.25, 0.3) is 0 Å². The van der Waals surface area contributed by atoms with Crippen molar-refractivity contribution in [1.82, 2.24) is 20.0 Å². The quantitative estimate of drug-likeness (QED) is 0.426. The number of ether oxygens (including phenoxy) is 1. The summed E-state index contributed by atoms with van der Waals surface area (Å²) < 4.78 is 37.1. The Morgan fingerprint density at radius 2 is 1.11 bits per heavy atom. The van der Waals surface area contributed by atoms with Crippen LogP contribution in [0.1, 0.15) is 31.9 Å². The number of para-hydroxylation sites is 2. The molecule has 0 aliphatic carbocycles. The molecule has 2 saturated heterocycles. The molecule has 0 aromatic heterocycles. The fraction of sp³-hybridized carbons (Fsp3) is 0.556. The number of nitrogens with zero attached hydrogens (tertiary/aromatic N) is 5. The van der Waals surface area contributed by atoms with Crippen molar-refractivity contribution in [1.29, 1.82) is 0 Å². The molecule has 0 radical (unpaired) electrons. The first kappa shape index (κ1) is 43.8. The summed E-state index contributed by atoms with van der Waals surface area (Å²) in [6.45, 7) is 14.7. The Hall–Kier alpha value is -3.63. The maximum absolute atomic E-state index is 12.7. The minimum atomic E-state index is -5.08. The number of piperazine rings is 2. The Bertz CT molecular complexity index is 1520. The van der Waals surface area contributed by atoms with Crippen LogP contribution in [0, 0.1) is 0 Å². The Morgan fingerprint density at radius 1 is 0.717 bits per heavy atom. The number of rotatable bonds is 4. The molecule has 2 N–H and O–H groups in total. The zero-order valence-electron chi connectivity index (χ0n) is 30.3. The van der Waals surface area contributed by atoms with Gasteiger partial charge in [-0.25, -0.2) is 9.59 Å². The van der Waals surface area contributed by atoms with Gasteiger partial charge in [-0.3, -0.25) is 19.4 Å². The number of aliphatic carboxylic acids is 1. The van der Waals surface area contributed by atoms with E-state index in [4.69, 9.17) is 37.8 Å². The largest absolute Gasteiger partial charge is 0.490 e. The van der Waals surface area contributed by atoms with E-state index in [1.165, 1.54) is 11.1 Å². The molecule has 17 heteroatoms. The van der Waals surface area contributed by atoms with E-state index in [9.17, 15) is 27.6 Å². The minimum absolute atomic E-state index is 0.135. The van der Waals surface area contributed by atoms with Gasteiger partial charge < -0.3 is 29.9 Å². The zero-order valence-corrected chi connectivity index (χ0v) is 31.9. The monoisotopic (exact) mass is 788 g/mol. The minimum Gasteiger partial charge on any atom is -0.475 e. The lowest BCUT2D eigenvalue weighted by atomic mass is 10.2. The Morgan fingerprint density at radius 3 is 1.51 bits per heavy atom. The van der Waals surface area contributed by atoms with Crippen LogP contribution in [0.25, 0.3) is 0 Å². The molecule has 0 atom stereocenters. The van der Waals surface area contributed by atoms with Crippen molar-refractivity contribution in [2.24, 2.45) is 0 Å². The van der Waals surface area contributed by atoms with Gasteiger partial charge in [-0.05, 0) is 56.9 Å². The average molecular weight is 790 g/mol. The number of halogens is 5.